The van der Waals surface area contributed by atoms with Crippen LogP contribution < -0.4 is 15.8 Å². The number of thiazole rings is 1. The zero-order chi connectivity index (χ0) is 31.0. The molecule has 0 aliphatic carbocycles. The number of carbonyl (C=O) groups excluding carboxylic acids is 3. The van der Waals surface area contributed by atoms with Crippen LogP contribution in [0.1, 0.15) is 16.7 Å². The average Bonchev–Trinajstić information content (AvgIpc) is 3.57. The lowest BCUT2D eigenvalue weighted by Gasteiger charge is -2.45. The summed E-state index contributed by atoms with van der Waals surface area (Å²) in [6, 6.07) is 18.6. The third-order valence-corrected chi connectivity index (χ3v) is 8.94. The summed E-state index contributed by atoms with van der Waals surface area (Å²) in [5.74, 6) is 0.400. The molecule has 44 heavy (non-hydrogen) atoms. The Morgan fingerprint density at radius 3 is 2.57 bits per heavy atom. The van der Waals surface area contributed by atoms with E-state index < -0.39 is 12.2 Å². The summed E-state index contributed by atoms with van der Waals surface area (Å²) in [6.07, 6.45) is -0.314. The summed E-state index contributed by atoms with van der Waals surface area (Å²) in [7, 11) is 3.21. The molecule has 0 unspecified atom stereocenters. The van der Waals surface area contributed by atoms with Crippen LogP contribution >= 0.6 is 11.3 Å². The van der Waals surface area contributed by atoms with Crippen molar-refractivity contribution in [2.24, 2.45) is 0 Å². The van der Waals surface area contributed by atoms with Crippen LogP contribution in [0, 0.1) is 0 Å². The van der Waals surface area contributed by atoms with Crippen LogP contribution in [0.5, 0.6) is 11.5 Å². The number of benzene rings is 3. The first-order valence-corrected chi connectivity index (χ1v) is 15.0. The molecule has 228 valence electrons. The molecule has 4 amide bonds. The van der Waals surface area contributed by atoms with Gasteiger partial charge in [-0.2, -0.15) is 5.01 Å². The molecule has 1 aromatic heterocycles. The molecule has 0 saturated carbocycles. The maximum Gasteiger partial charge on any atom is 0.332 e. The highest BCUT2D eigenvalue weighted by molar-refractivity contribution is 7.22. The third kappa shape index (κ3) is 5.71. The van der Waals surface area contributed by atoms with Crippen molar-refractivity contribution in [1.29, 1.82) is 0 Å². The lowest BCUT2D eigenvalue weighted by Crippen LogP contribution is -2.65. The van der Waals surface area contributed by atoms with Crippen molar-refractivity contribution >= 4 is 44.5 Å². The largest absolute Gasteiger partial charge is 0.508 e. The molecule has 0 radical (unpaired) electrons. The Balaban J connectivity index is 1.26. The molecule has 6 rings (SSSR count). The molecular formula is C31H33N7O5S. The number of aromatic nitrogens is 1. The van der Waals surface area contributed by atoms with Gasteiger partial charge in [0.2, 0.25) is 11.8 Å². The summed E-state index contributed by atoms with van der Waals surface area (Å²) >= 11 is 1.38. The van der Waals surface area contributed by atoms with Gasteiger partial charge >= 0.3 is 6.03 Å². The lowest BCUT2D eigenvalue weighted by molar-refractivity contribution is -0.157. The highest BCUT2D eigenvalue weighted by Crippen LogP contribution is 2.32. The molecule has 0 spiro atoms. The topological polar surface area (TPSA) is 145 Å². The number of nitrogens with one attached hydrogen (secondary N) is 1. The molecular weight excluding hydrogens is 582 g/mol. The second kappa shape index (κ2) is 12.0. The molecule has 2 aliphatic heterocycles. The quantitative estimate of drug-likeness (QED) is 0.275. The number of hydrogen-bond donors (Lipinski definition) is 3. The fourth-order valence-corrected chi connectivity index (χ4v) is 6.60. The van der Waals surface area contributed by atoms with E-state index in [-0.39, 0.29) is 56.2 Å². The number of hydrogen-bond acceptors (Lipinski definition) is 9. The Kier molecular flexibility index (Phi) is 7.97. The van der Waals surface area contributed by atoms with Crippen LogP contribution in [-0.4, -0.2) is 87.2 Å². The minimum atomic E-state index is -0.800. The fourth-order valence-electron chi connectivity index (χ4n) is 5.81. The number of amides is 4. The highest BCUT2D eigenvalue weighted by Gasteiger charge is 2.51. The van der Waals surface area contributed by atoms with E-state index in [1.54, 1.807) is 53.2 Å². The monoisotopic (exact) mass is 615 g/mol. The van der Waals surface area contributed by atoms with E-state index >= 15 is 0 Å². The average molecular weight is 616 g/mol. The van der Waals surface area contributed by atoms with Gasteiger partial charge in [-0.15, -0.1) is 0 Å². The number of piperazine rings is 1. The van der Waals surface area contributed by atoms with Crippen molar-refractivity contribution in [2.75, 3.05) is 33.0 Å². The number of fused-ring (bicyclic) bond motifs is 2. The van der Waals surface area contributed by atoms with Crippen LogP contribution in [0.15, 0.2) is 66.7 Å². The van der Waals surface area contributed by atoms with E-state index in [9.17, 15) is 19.5 Å². The number of anilines is 1. The SMILES string of the molecule is COc1ccc(CNC(=O)N(C)N2CC(=O)N3[C@@H](Cc4ccc(O)cc4)C(=O)N(Cc4cccc5sc(N)nc45)C[C@@H]32)cc1. The second-order valence-electron chi connectivity index (χ2n) is 10.8. The minimum Gasteiger partial charge on any atom is -0.508 e. The molecule has 3 aromatic carbocycles. The molecule has 12 nitrogen and oxygen atoms in total. The summed E-state index contributed by atoms with van der Waals surface area (Å²) in [5.41, 5.74) is 9.28. The number of aromatic hydroxyl groups is 1. The zero-order valence-corrected chi connectivity index (χ0v) is 25.2. The molecule has 2 saturated heterocycles. The fraction of sp³-hybridized carbons (Fsp3) is 0.290. The Hall–Kier alpha value is -4.88. The lowest BCUT2D eigenvalue weighted by atomic mass is 9.99. The number of phenolic OH excluding ortho intramolecular Hbond substituents is 1. The minimum absolute atomic E-state index is 0.0531. The number of nitrogens with zero attached hydrogens (tertiary/aromatic N) is 5. The number of nitrogens with two attached hydrogens (primary N) is 1. The summed E-state index contributed by atoms with van der Waals surface area (Å²) in [4.78, 5) is 48.7. The first-order valence-electron chi connectivity index (χ1n) is 14.1. The molecule has 2 aliphatic rings. The van der Waals surface area contributed by atoms with E-state index in [0.29, 0.717) is 5.13 Å². The van der Waals surface area contributed by atoms with Gasteiger partial charge in [0.05, 0.1) is 30.4 Å². The second-order valence-corrected chi connectivity index (χ2v) is 11.9. The predicted molar refractivity (Wildman–Crippen MR) is 165 cm³/mol. The summed E-state index contributed by atoms with van der Waals surface area (Å²) in [5, 5.41) is 16.3. The van der Waals surface area contributed by atoms with E-state index in [2.05, 4.69) is 10.3 Å². The van der Waals surface area contributed by atoms with Crippen LogP contribution in [0.4, 0.5) is 9.93 Å². The highest BCUT2D eigenvalue weighted by atomic mass is 32.1. The number of carbonyl (C=O) groups is 3. The van der Waals surface area contributed by atoms with Gasteiger partial charge in [-0.05, 0) is 47.0 Å². The van der Waals surface area contributed by atoms with Gasteiger partial charge in [0, 0.05) is 26.6 Å². The van der Waals surface area contributed by atoms with Crippen molar-refractivity contribution in [3.63, 3.8) is 0 Å². The first-order chi connectivity index (χ1) is 21.2. The van der Waals surface area contributed by atoms with Gasteiger partial charge in [-0.1, -0.05) is 47.7 Å². The molecule has 2 fully saturated rings. The van der Waals surface area contributed by atoms with Gasteiger partial charge in [0.1, 0.15) is 23.7 Å². The maximum atomic E-state index is 14.1. The summed E-state index contributed by atoms with van der Waals surface area (Å²) in [6.45, 7) is 0.703. The third-order valence-electron chi connectivity index (χ3n) is 8.09. The Labute approximate surface area is 258 Å². The molecule has 4 N–H and O–H groups in total. The number of hydrazine groups is 1. The standard InChI is InChI=1S/C31H33N7O5S/c1-35(31(42)33-15-20-8-12-23(43-2)13-9-20)37-18-27(40)38-24(14-19-6-10-22(39)11-7-19)29(41)36(17-26(37)38)16-21-4-3-5-25-28(21)34-30(32)44-25/h3-13,24,26,39H,14-18H2,1-2H3,(H2,32,34)(H,33,42)/t24-,26+/m0/s1. The Morgan fingerprint density at radius 1 is 1.11 bits per heavy atom. The Morgan fingerprint density at radius 2 is 1.84 bits per heavy atom. The number of urea groups is 1. The van der Waals surface area contributed by atoms with Crippen molar-refractivity contribution < 1.29 is 24.2 Å². The van der Waals surface area contributed by atoms with Crippen LogP contribution in [0.3, 0.4) is 0 Å². The molecule has 4 aromatic rings. The van der Waals surface area contributed by atoms with Crippen molar-refractivity contribution in [3.8, 4) is 11.5 Å². The smallest absolute Gasteiger partial charge is 0.332 e. The number of nitrogen functional groups attached to an aromatic ring is 1. The molecule has 2 atom stereocenters. The van der Waals surface area contributed by atoms with Gasteiger partial charge in [0.15, 0.2) is 5.13 Å². The van der Waals surface area contributed by atoms with Gasteiger partial charge < -0.3 is 30.7 Å². The predicted octanol–water partition coefficient (Wildman–Crippen LogP) is 2.77. The zero-order valence-electron chi connectivity index (χ0n) is 24.3. The van der Waals surface area contributed by atoms with Gasteiger partial charge in [0.25, 0.3) is 0 Å². The number of para-hydroxylation sites is 1. The van der Waals surface area contributed by atoms with Crippen LogP contribution in [0.25, 0.3) is 10.2 Å². The summed E-state index contributed by atoms with van der Waals surface area (Å²) < 4.78 is 6.13. The number of phenols is 1. The number of rotatable bonds is 8. The van der Waals surface area contributed by atoms with Crippen molar-refractivity contribution in [2.45, 2.75) is 31.7 Å². The normalized spacial score (nSPS) is 18.5. The van der Waals surface area contributed by atoms with Gasteiger partial charge in [-0.25, -0.2) is 9.78 Å². The van der Waals surface area contributed by atoms with Crippen molar-refractivity contribution in [1.82, 2.24) is 30.1 Å². The Bertz CT molecular complexity index is 1690. The molecule has 13 heteroatoms. The number of ether oxygens (including phenoxy) is 1. The molecule has 3 heterocycles. The first kappa shape index (κ1) is 29.2. The number of methoxy groups -OCH3 is 1. The van der Waals surface area contributed by atoms with Crippen LogP contribution in [-0.2, 0) is 29.1 Å². The van der Waals surface area contributed by atoms with Gasteiger partial charge in [-0.3, -0.25) is 14.6 Å². The van der Waals surface area contributed by atoms with E-state index in [1.165, 1.54) is 16.3 Å². The molecule has 0 bridgehead atoms. The maximum absolute atomic E-state index is 14.1. The van der Waals surface area contributed by atoms with E-state index in [1.807, 2.05) is 42.5 Å². The van der Waals surface area contributed by atoms with E-state index in [0.717, 1.165) is 32.7 Å². The van der Waals surface area contributed by atoms with Crippen molar-refractivity contribution in [3.05, 3.63) is 83.4 Å². The van der Waals surface area contributed by atoms with Crippen LogP contribution in [0.2, 0.25) is 0 Å². The van der Waals surface area contributed by atoms with E-state index in [4.69, 9.17) is 10.5 Å².